The summed E-state index contributed by atoms with van der Waals surface area (Å²) in [5.41, 5.74) is 4.41. The summed E-state index contributed by atoms with van der Waals surface area (Å²) in [5, 5.41) is 2.90. The van der Waals surface area contributed by atoms with Crippen LogP contribution < -0.4 is 5.32 Å². The minimum atomic E-state index is -0.444. The number of carbonyl (C=O) groups excluding carboxylic acids is 2. The maximum Gasteiger partial charge on any atom is 0.312 e. The van der Waals surface area contributed by atoms with E-state index in [1.165, 1.54) is 36.0 Å². The number of amides is 1. The number of ether oxygens (including phenoxy) is 1. The highest BCUT2D eigenvalue weighted by Crippen LogP contribution is 2.66. The fraction of sp³-hybridized carbons (Fsp3) is 0.500. The summed E-state index contributed by atoms with van der Waals surface area (Å²) < 4.78 is 5.70. The van der Waals surface area contributed by atoms with Gasteiger partial charge in [-0.1, -0.05) is 30.3 Å². The van der Waals surface area contributed by atoms with E-state index >= 15 is 0 Å². The second kappa shape index (κ2) is 8.50. The molecule has 0 saturated heterocycles. The quantitative estimate of drug-likeness (QED) is 0.419. The lowest BCUT2D eigenvalue weighted by Gasteiger charge is -2.61. The zero-order valence-electron chi connectivity index (χ0n) is 19.8. The third-order valence-corrected chi connectivity index (χ3v) is 9.12. The molecule has 2 atom stereocenters. The van der Waals surface area contributed by atoms with Crippen LogP contribution in [0.5, 0.6) is 0 Å². The molecule has 1 N–H and O–H groups in total. The Balaban J connectivity index is 1.31. The number of anilines is 1. The van der Waals surface area contributed by atoms with Crippen LogP contribution in [0.2, 0.25) is 0 Å². The lowest BCUT2D eigenvalue weighted by Crippen LogP contribution is -2.57. The first-order valence-corrected chi connectivity index (χ1v) is 13.2. The third kappa shape index (κ3) is 4.09. The van der Waals surface area contributed by atoms with Gasteiger partial charge in [0.05, 0.1) is 11.1 Å². The molecule has 4 nitrogen and oxygen atoms in total. The average Bonchev–Trinajstić information content (AvgIpc) is 2.78. The van der Waals surface area contributed by atoms with Crippen molar-refractivity contribution in [2.24, 2.45) is 17.3 Å². The Morgan fingerprint density at radius 2 is 1.76 bits per heavy atom. The summed E-state index contributed by atoms with van der Waals surface area (Å²) in [5.74, 6) is 0.696. The van der Waals surface area contributed by atoms with Crippen molar-refractivity contribution in [3.8, 4) is 0 Å². The molecule has 4 aliphatic carbocycles. The van der Waals surface area contributed by atoms with E-state index in [2.05, 4.69) is 37.4 Å². The monoisotopic (exact) mass is 463 g/mol. The molecule has 5 heteroatoms. The van der Waals surface area contributed by atoms with Gasteiger partial charge in [0.15, 0.2) is 6.61 Å². The van der Waals surface area contributed by atoms with Gasteiger partial charge in [-0.05, 0) is 105 Å². The molecule has 2 aromatic carbocycles. The van der Waals surface area contributed by atoms with Crippen LogP contribution in [-0.4, -0.2) is 24.7 Å². The molecule has 0 spiro atoms. The molecule has 0 radical (unpaired) electrons. The molecule has 0 unspecified atom stereocenters. The fourth-order valence-corrected chi connectivity index (χ4v) is 7.68. The third-order valence-electron chi connectivity index (χ3n) is 8.33. The number of hydrogen-bond donors (Lipinski definition) is 1. The molecular weight excluding hydrogens is 430 g/mol. The molecule has 33 heavy (non-hydrogen) atoms. The van der Waals surface area contributed by atoms with Crippen LogP contribution in [0.4, 0.5) is 5.69 Å². The molecule has 6 rings (SSSR count). The Labute approximate surface area is 200 Å². The van der Waals surface area contributed by atoms with Gasteiger partial charge in [0.2, 0.25) is 0 Å². The summed E-state index contributed by atoms with van der Waals surface area (Å²) in [6, 6.07) is 14.5. The Kier molecular flexibility index (Phi) is 5.80. The Morgan fingerprint density at radius 3 is 2.45 bits per heavy atom. The summed E-state index contributed by atoms with van der Waals surface area (Å²) in [4.78, 5) is 27.0. The molecule has 4 aliphatic rings. The summed E-state index contributed by atoms with van der Waals surface area (Å²) >= 11 is 1.58. The topological polar surface area (TPSA) is 55.4 Å². The van der Waals surface area contributed by atoms with Crippen molar-refractivity contribution < 1.29 is 14.3 Å². The Bertz CT molecular complexity index is 1080. The van der Waals surface area contributed by atoms with Gasteiger partial charge >= 0.3 is 5.97 Å². The number of nitrogens with one attached hydrogen (secondary N) is 1. The lowest BCUT2D eigenvalue weighted by atomic mass is 9.43. The van der Waals surface area contributed by atoms with Crippen molar-refractivity contribution in [2.45, 2.75) is 62.7 Å². The summed E-state index contributed by atoms with van der Waals surface area (Å²) in [6.07, 6.45) is 8.22. The molecule has 174 valence electrons. The number of benzene rings is 2. The zero-order chi connectivity index (χ0) is 23.2. The number of hydrogen-bond acceptors (Lipinski definition) is 4. The molecular formula is C28H33NO3S. The highest BCUT2D eigenvalue weighted by atomic mass is 32.2. The predicted molar refractivity (Wildman–Crippen MR) is 133 cm³/mol. The minimum absolute atomic E-state index is 0.0705. The highest BCUT2D eigenvalue weighted by molar-refractivity contribution is 7.98. The Morgan fingerprint density at radius 1 is 1.03 bits per heavy atom. The second-order valence-corrected chi connectivity index (χ2v) is 11.5. The number of aryl methyl sites for hydroxylation is 2. The molecule has 4 saturated carbocycles. The first kappa shape index (κ1) is 22.5. The zero-order valence-corrected chi connectivity index (χ0v) is 20.6. The van der Waals surface area contributed by atoms with Gasteiger partial charge < -0.3 is 10.1 Å². The second-order valence-electron chi connectivity index (χ2n) is 10.6. The number of carbonyl (C=O) groups is 2. The van der Waals surface area contributed by atoms with Crippen LogP contribution in [0.1, 0.15) is 55.2 Å². The van der Waals surface area contributed by atoms with E-state index in [1.807, 2.05) is 30.5 Å². The van der Waals surface area contributed by atoms with Gasteiger partial charge in [-0.2, -0.15) is 0 Å². The van der Waals surface area contributed by atoms with Crippen molar-refractivity contribution in [3.05, 3.63) is 59.2 Å². The van der Waals surface area contributed by atoms with E-state index in [0.717, 1.165) is 29.8 Å². The van der Waals surface area contributed by atoms with E-state index in [4.69, 9.17) is 4.74 Å². The largest absolute Gasteiger partial charge is 0.455 e. The van der Waals surface area contributed by atoms with Gasteiger partial charge in [-0.3, -0.25) is 9.59 Å². The Hall–Kier alpha value is -2.27. The molecule has 1 amide bonds. The SMILES string of the molecule is CSc1ccccc1NC(=O)COC(=O)C12C[C@H]3C[C@H](C1)CC(c1ccc(C)c(C)c1)(C3)C2. The first-order chi connectivity index (χ1) is 15.8. The van der Waals surface area contributed by atoms with Crippen LogP contribution in [0, 0.1) is 31.1 Å². The molecule has 0 aromatic heterocycles. The molecule has 0 heterocycles. The fourth-order valence-electron chi connectivity index (χ4n) is 7.13. The van der Waals surface area contributed by atoms with Crippen LogP contribution in [0.15, 0.2) is 47.4 Å². The van der Waals surface area contributed by atoms with Crippen molar-refractivity contribution >= 4 is 29.3 Å². The minimum Gasteiger partial charge on any atom is -0.455 e. The van der Waals surface area contributed by atoms with E-state index in [9.17, 15) is 9.59 Å². The van der Waals surface area contributed by atoms with Crippen LogP contribution in [0.3, 0.4) is 0 Å². The van der Waals surface area contributed by atoms with Crippen molar-refractivity contribution in [1.29, 1.82) is 0 Å². The van der Waals surface area contributed by atoms with Crippen LogP contribution in [-0.2, 0) is 19.7 Å². The average molecular weight is 464 g/mol. The van der Waals surface area contributed by atoms with Crippen molar-refractivity contribution in [2.75, 3.05) is 18.2 Å². The summed E-state index contributed by atoms with van der Waals surface area (Å²) in [6.45, 7) is 4.10. The standard InChI is InChI=1S/C28H33NO3S/c1-18-8-9-22(10-19(18)2)27-12-20-11-21(13-27)15-28(14-20,17-27)26(31)32-16-25(30)29-23-6-4-5-7-24(23)33-3/h4-10,20-21H,11-17H2,1-3H3,(H,29,30)/t20-,21-,27?,28?/m0/s1. The number of rotatable bonds is 6. The number of thioether (sulfide) groups is 1. The lowest BCUT2D eigenvalue weighted by molar-refractivity contribution is -0.175. The predicted octanol–water partition coefficient (Wildman–Crippen LogP) is 6.05. The van der Waals surface area contributed by atoms with Gasteiger partial charge in [-0.25, -0.2) is 0 Å². The maximum atomic E-state index is 13.5. The van der Waals surface area contributed by atoms with Gasteiger partial charge in [0.25, 0.3) is 5.91 Å². The normalized spacial score (nSPS) is 29.7. The smallest absolute Gasteiger partial charge is 0.312 e. The maximum absolute atomic E-state index is 13.5. The van der Waals surface area contributed by atoms with Gasteiger partial charge in [-0.15, -0.1) is 11.8 Å². The van der Waals surface area contributed by atoms with E-state index in [-0.39, 0.29) is 23.9 Å². The van der Waals surface area contributed by atoms with Crippen molar-refractivity contribution in [1.82, 2.24) is 0 Å². The van der Waals surface area contributed by atoms with Crippen molar-refractivity contribution in [3.63, 3.8) is 0 Å². The van der Waals surface area contributed by atoms with E-state index < -0.39 is 5.41 Å². The van der Waals surface area contributed by atoms with E-state index in [0.29, 0.717) is 11.8 Å². The van der Waals surface area contributed by atoms with E-state index in [1.54, 1.807) is 11.8 Å². The number of esters is 1. The molecule has 2 aromatic rings. The summed E-state index contributed by atoms with van der Waals surface area (Å²) in [7, 11) is 0. The number of para-hydroxylation sites is 1. The van der Waals surface area contributed by atoms with Gasteiger partial charge in [0, 0.05) is 4.90 Å². The van der Waals surface area contributed by atoms with Gasteiger partial charge in [0.1, 0.15) is 0 Å². The highest BCUT2D eigenvalue weighted by Gasteiger charge is 2.61. The molecule has 4 bridgehead atoms. The van der Waals surface area contributed by atoms with Crippen LogP contribution >= 0.6 is 11.8 Å². The molecule has 4 fully saturated rings. The first-order valence-electron chi connectivity index (χ1n) is 12.0. The molecule has 0 aliphatic heterocycles. The van der Waals surface area contributed by atoms with Crippen LogP contribution in [0.25, 0.3) is 0 Å².